The van der Waals surface area contributed by atoms with Crippen LogP contribution in [-0.2, 0) is 22.6 Å². The molecule has 1 atom stereocenters. The van der Waals surface area contributed by atoms with E-state index >= 15 is 0 Å². The Balaban J connectivity index is 1.54. The average Bonchev–Trinajstić information content (AvgIpc) is 2.84. The van der Waals surface area contributed by atoms with E-state index in [1.54, 1.807) is 43.3 Å². The van der Waals surface area contributed by atoms with E-state index in [-0.39, 0.29) is 19.0 Å². The highest BCUT2D eigenvalue weighted by atomic mass is 19.1. The van der Waals surface area contributed by atoms with Crippen LogP contribution in [0.4, 0.5) is 9.18 Å². The smallest absolute Gasteiger partial charge is 0.407 e. The third-order valence-corrected chi connectivity index (χ3v) is 4.73. The van der Waals surface area contributed by atoms with E-state index < -0.39 is 18.0 Å². The number of nitrogens with one attached hydrogen (secondary N) is 2. The van der Waals surface area contributed by atoms with Gasteiger partial charge in [-0.05, 0) is 60.0 Å². The largest absolute Gasteiger partial charge is 0.489 e. The molecule has 0 radical (unpaired) electrons. The fourth-order valence-corrected chi connectivity index (χ4v) is 3.07. The van der Waals surface area contributed by atoms with Gasteiger partial charge in [0.15, 0.2) is 0 Å². The molecule has 0 spiro atoms. The lowest BCUT2D eigenvalue weighted by Gasteiger charge is -2.16. The average molecular weight is 464 g/mol. The number of benzene rings is 3. The van der Waals surface area contributed by atoms with Gasteiger partial charge in [0, 0.05) is 6.42 Å². The fourth-order valence-electron chi connectivity index (χ4n) is 3.07. The zero-order valence-corrected chi connectivity index (χ0v) is 18.7. The van der Waals surface area contributed by atoms with Crippen LogP contribution >= 0.6 is 0 Å². The Kier molecular flexibility index (Phi) is 9.16. The Labute approximate surface area is 197 Å². The van der Waals surface area contributed by atoms with Crippen LogP contribution in [-0.4, -0.2) is 30.9 Å². The lowest BCUT2D eigenvalue weighted by atomic mass is 10.1. The predicted octanol–water partition coefficient (Wildman–Crippen LogP) is 4.21. The second-order valence-electron chi connectivity index (χ2n) is 7.33. The zero-order chi connectivity index (χ0) is 24.2. The molecule has 7 nitrogen and oxygen atoms in total. The molecular formula is C26H26FN3O4. The number of alkyl carbamates (subject to hydrolysis) is 1. The first-order valence-electron chi connectivity index (χ1n) is 10.8. The van der Waals surface area contributed by atoms with Crippen LogP contribution in [0, 0.1) is 5.82 Å². The molecule has 3 aromatic carbocycles. The van der Waals surface area contributed by atoms with Gasteiger partial charge in [-0.15, -0.1) is 0 Å². The summed E-state index contributed by atoms with van der Waals surface area (Å²) in [4.78, 5) is 24.5. The summed E-state index contributed by atoms with van der Waals surface area (Å²) >= 11 is 0. The van der Waals surface area contributed by atoms with Crippen molar-refractivity contribution in [3.8, 4) is 5.75 Å². The van der Waals surface area contributed by atoms with Crippen molar-refractivity contribution in [2.24, 2.45) is 5.10 Å². The molecule has 0 saturated heterocycles. The molecule has 2 N–H and O–H groups in total. The lowest BCUT2D eigenvalue weighted by Crippen LogP contribution is -2.47. The van der Waals surface area contributed by atoms with Crippen molar-refractivity contribution in [2.45, 2.75) is 26.0 Å². The van der Waals surface area contributed by atoms with Gasteiger partial charge in [0.1, 0.15) is 24.2 Å². The van der Waals surface area contributed by atoms with Crippen molar-refractivity contribution in [1.82, 2.24) is 10.7 Å². The number of hydrogen-bond donors (Lipinski definition) is 2. The predicted molar refractivity (Wildman–Crippen MR) is 127 cm³/mol. The second kappa shape index (κ2) is 12.7. The number of rotatable bonds is 10. The summed E-state index contributed by atoms with van der Waals surface area (Å²) in [6, 6.07) is 21.8. The summed E-state index contributed by atoms with van der Waals surface area (Å²) in [5.41, 5.74) is 4.81. The minimum atomic E-state index is -0.850. The first-order chi connectivity index (χ1) is 16.5. The SMILES string of the molecule is CCOC(=O)N[C@@H](Cc1ccccc1)C(=O)N/N=C\c1ccc(OCc2cccc(F)c2)cc1. The highest BCUT2D eigenvalue weighted by molar-refractivity contribution is 5.87. The maximum atomic E-state index is 13.2. The highest BCUT2D eigenvalue weighted by Gasteiger charge is 2.21. The van der Waals surface area contributed by atoms with E-state index in [4.69, 9.17) is 9.47 Å². The van der Waals surface area contributed by atoms with Crippen molar-refractivity contribution in [3.05, 3.63) is 101 Å². The van der Waals surface area contributed by atoms with E-state index in [1.807, 2.05) is 30.3 Å². The monoisotopic (exact) mass is 463 g/mol. The first kappa shape index (κ1) is 24.4. The van der Waals surface area contributed by atoms with Crippen molar-refractivity contribution in [2.75, 3.05) is 6.61 Å². The van der Waals surface area contributed by atoms with Crippen LogP contribution in [0.2, 0.25) is 0 Å². The second-order valence-corrected chi connectivity index (χ2v) is 7.33. The van der Waals surface area contributed by atoms with Crippen LogP contribution in [0.1, 0.15) is 23.6 Å². The Hall–Kier alpha value is -4.20. The Morgan fingerprint density at radius 1 is 1.00 bits per heavy atom. The zero-order valence-electron chi connectivity index (χ0n) is 18.7. The molecule has 176 valence electrons. The molecule has 3 rings (SSSR count). The molecule has 0 heterocycles. The topological polar surface area (TPSA) is 89.0 Å². The molecule has 8 heteroatoms. The van der Waals surface area contributed by atoms with Crippen LogP contribution in [0.25, 0.3) is 0 Å². The van der Waals surface area contributed by atoms with E-state index in [9.17, 15) is 14.0 Å². The summed E-state index contributed by atoms with van der Waals surface area (Å²) in [7, 11) is 0. The molecule has 0 aliphatic carbocycles. The van der Waals surface area contributed by atoms with E-state index in [1.165, 1.54) is 18.3 Å². The van der Waals surface area contributed by atoms with E-state index in [0.29, 0.717) is 12.2 Å². The number of carbonyl (C=O) groups excluding carboxylic acids is 2. The maximum absolute atomic E-state index is 13.2. The number of hydrogen-bond acceptors (Lipinski definition) is 5. The molecule has 0 fully saturated rings. The van der Waals surface area contributed by atoms with Gasteiger partial charge in [-0.3, -0.25) is 4.79 Å². The summed E-state index contributed by atoms with van der Waals surface area (Å²) in [5.74, 6) is -0.159. The van der Waals surface area contributed by atoms with Gasteiger partial charge in [0.2, 0.25) is 0 Å². The first-order valence-corrected chi connectivity index (χ1v) is 10.8. The summed E-state index contributed by atoms with van der Waals surface area (Å²) in [5, 5.41) is 6.56. The van der Waals surface area contributed by atoms with Crippen molar-refractivity contribution >= 4 is 18.2 Å². The number of carbonyl (C=O) groups is 2. The van der Waals surface area contributed by atoms with Gasteiger partial charge >= 0.3 is 6.09 Å². The Morgan fingerprint density at radius 3 is 2.44 bits per heavy atom. The standard InChI is InChI=1S/C26H26FN3O4/c1-2-33-26(32)29-24(16-19-7-4-3-5-8-19)25(31)30-28-17-20-11-13-23(14-12-20)34-18-21-9-6-10-22(27)15-21/h3-15,17,24H,2,16,18H2,1H3,(H,29,32)(H,30,31)/b28-17-/t24-/m0/s1. The molecule has 0 aliphatic heterocycles. The van der Waals surface area contributed by atoms with Crippen LogP contribution in [0.3, 0.4) is 0 Å². The van der Waals surface area contributed by atoms with Crippen molar-refractivity contribution in [1.29, 1.82) is 0 Å². The summed E-state index contributed by atoms with van der Waals surface area (Å²) in [6.07, 6.45) is 1.10. The quantitative estimate of drug-likeness (QED) is 0.348. The Morgan fingerprint density at radius 2 is 1.74 bits per heavy atom. The van der Waals surface area contributed by atoms with Gasteiger partial charge in [-0.25, -0.2) is 14.6 Å². The minimum absolute atomic E-state index is 0.200. The normalized spacial score (nSPS) is 11.6. The van der Waals surface area contributed by atoms with Gasteiger partial charge in [0.25, 0.3) is 5.91 Å². The molecule has 3 aromatic rings. The van der Waals surface area contributed by atoms with Gasteiger partial charge in [-0.2, -0.15) is 5.10 Å². The molecule has 0 unspecified atom stereocenters. The third kappa shape index (κ3) is 8.05. The van der Waals surface area contributed by atoms with Crippen LogP contribution in [0.5, 0.6) is 5.75 Å². The van der Waals surface area contributed by atoms with Gasteiger partial charge in [-0.1, -0.05) is 42.5 Å². The third-order valence-electron chi connectivity index (χ3n) is 4.73. The van der Waals surface area contributed by atoms with Crippen LogP contribution in [0.15, 0.2) is 84.0 Å². The lowest BCUT2D eigenvalue weighted by molar-refractivity contribution is -0.123. The fraction of sp³-hybridized carbons (Fsp3) is 0.192. The molecule has 0 aliphatic rings. The summed E-state index contributed by atoms with van der Waals surface area (Å²) in [6.45, 7) is 2.14. The van der Waals surface area contributed by atoms with Crippen LogP contribution < -0.4 is 15.5 Å². The van der Waals surface area contributed by atoms with E-state index in [2.05, 4.69) is 15.8 Å². The molecule has 0 bridgehead atoms. The number of hydrazone groups is 1. The Bertz CT molecular complexity index is 1100. The molecule has 2 amide bonds. The number of amides is 2. The molecule has 34 heavy (non-hydrogen) atoms. The van der Waals surface area contributed by atoms with Gasteiger partial charge in [0.05, 0.1) is 12.8 Å². The summed E-state index contributed by atoms with van der Waals surface area (Å²) < 4.78 is 23.8. The van der Waals surface area contributed by atoms with Gasteiger partial charge < -0.3 is 14.8 Å². The number of ether oxygens (including phenoxy) is 2. The molecular weight excluding hydrogens is 437 g/mol. The highest BCUT2D eigenvalue weighted by Crippen LogP contribution is 2.14. The number of halogens is 1. The van der Waals surface area contributed by atoms with Crippen molar-refractivity contribution < 1.29 is 23.5 Å². The molecule has 0 aromatic heterocycles. The van der Waals surface area contributed by atoms with E-state index in [0.717, 1.165) is 16.7 Å². The minimum Gasteiger partial charge on any atom is -0.489 e. The maximum Gasteiger partial charge on any atom is 0.407 e. The molecule has 0 saturated carbocycles. The van der Waals surface area contributed by atoms with Crippen molar-refractivity contribution in [3.63, 3.8) is 0 Å². The number of nitrogens with zero attached hydrogens (tertiary/aromatic N) is 1.